The van der Waals surface area contributed by atoms with Crippen molar-refractivity contribution in [2.24, 2.45) is 0 Å². The third-order valence-electron chi connectivity index (χ3n) is 3.65. The Bertz CT molecular complexity index is 865. The van der Waals surface area contributed by atoms with E-state index in [1.54, 1.807) is 35.6 Å². The second-order valence-electron chi connectivity index (χ2n) is 6.00. The predicted molar refractivity (Wildman–Crippen MR) is 101 cm³/mol. The highest BCUT2D eigenvalue weighted by atomic mass is 32.1. The summed E-state index contributed by atoms with van der Waals surface area (Å²) in [4.78, 5) is 16.7. The number of carbonyl (C=O) groups is 1. The fraction of sp³-hybridized carbons (Fsp3) is 0.200. The van der Waals surface area contributed by atoms with E-state index in [1.807, 2.05) is 38.3 Å². The fourth-order valence-corrected chi connectivity index (χ4v) is 3.18. The van der Waals surface area contributed by atoms with Crippen LogP contribution in [-0.2, 0) is 6.61 Å². The largest absolute Gasteiger partial charge is 0.487 e. The molecule has 0 spiro atoms. The van der Waals surface area contributed by atoms with E-state index in [-0.39, 0.29) is 5.91 Å². The van der Waals surface area contributed by atoms with Gasteiger partial charge < -0.3 is 10.1 Å². The van der Waals surface area contributed by atoms with Gasteiger partial charge in [0.15, 0.2) is 0 Å². The Morgan fingerprint density at radius 2 is 1.76 bits per heavy atom. The summed E-state index contributed by atoms with van der Waals surface area (Å²) in [7, 11) is 0. The number of thiazole rings is 1. The number of rotatable bonds is 5. The van der Waals surface area contributed by atoms with Gasteiger partial charge in [0.05, 0.1) is 10.7 Å². The molecule has 1 aromatic heterocycles. The number of carbonyl (C=O) groups excluding carboxylic acids is 1. The molecule has 0 radical (unpaired) electrons. The van der Waals surface area contributed by atoms with Crippen molar-refractivity contribution in [1.82, 2.24) is 4.98 Å². The molecule has 4 nitrogen and oxygen atoms in total. The number of nitrogens with zero attached hydrogens (tertiary/aromatic N) is 1. The molecule has 1 amide bonds. The summed E-state index contributed by atoms with van der Waals surface area (Å²) in [6.07, 6.45) is 0. The molecule has 1 N–H and O–H groups in total. The van der Waals surface area contributed by atoms with Crippen LogP contribution in [0.15, 0.2) is 47.8 Å². The molecule has 2 aromatic carbocycles. The molecule has 25 heavy (non-hydrogen) atoms. The Morgan fingerprint density at radius 3 is 2.36 bits per heavy atom. The first-order chi connectivity index (χ1) is 12.0. The molecule has 0 fully saturated rings. The zero-order valence-electron chi connectivity index (χ0n) is 14.5. The Hall–Kier alpha value is -2.66. The van der Waals surface area contributed by atoms with Crippen LogP contribution in [0, 0.1) is 20.8 Å². The Morgan fingerprint density at radius 1 is 1.08 bits per heavy atom. The molecule has 0 saturated carbocycles. The van der Waals surface area contributed by atoms with E-state index in [0.29, 0.717) is 17.9 Å². The lowest BCUT2D eigenvalue weighted by molar-refractivity contribution is 0.102. The zero-order valence-corrected chi connectivity index (χ0v) is 15.3. The van der Waals surface area contributed by atoms with Gasteiger partial charge in [-0.05, 0) is 68.3 Å². The highest BCUT2D eigenvalue weighted by Gasteiger charge is 2.07. The van der Waals surface area contributed by atoms with Gasteiger partial charge in [0.1, 0.15) is 12.4 Å². The van der Waals surface area contributed by atoms with E-state index < -0.39 is 0 Å². The van der Waals surface area contributed by atoms with E-state index in [4.69, 9.17) is 4.74 Å². The lowest BCUT2D eigenvalue weighted by Gasteiger charge is -2.09. The number of anilines is 1. The summed E-state index contributed by atoms with van der Waals surface area (Å²) in [6.45, 7) is 6.42. The minimum absolute atomic E-state index is 0.133. The normalized spacial score (nSPS) is 10.5. The predicted octanol–water partition coefficient (Wildman–Crippen LogP) is 4.90. The number of aryl methyl sites for hydroxylation is 3. The van der Waals surface area contributed by atoms with Crippen molar-refractivity contribution in [2.75, 3.05) is 5.32 Å². The summed E-state index contributed by atoms with van der Waals surface area (Å²) < 4.78 is 5.70. The van der Waals surface area contributed by atoms with Crippen LogP contribution in [0.1, 0.15) is 32.2 Å². The zero-order chi connectivity index (χ0) is 17.8. The highest BCUT2D eigenvalue weighted by molar-refractivity contribution is 7.09. The minimum atomic E-state index is -0.133. The quantitative estimate of drug-likeness (QED) is 0.710. The maximum Gasteiger partial charge on any atom is 0.255 e. The van der Waals surface area contributed by atoms with E-state index >= 15 is 0 Å². The SMILES string of the molecule is Cc1cc(C)cc(NC(=O)c2ccc(OCc3csc(C)n3)cc2)c1. The topological polar surface area (TPSA) is 51.2 Å². The van der Waals surface area contributed by atoms with Crippen LogP contribution < -0.4 is 10.1 Å². The summed E-state index contributed by atoms with van der Waals surface area (Å²) >= 11 is 1.60. The van der Waals surface area contributed by atoms with Gasteiger partial charge in [0.2, 0.25) is 0 Å². The molecular weight excluding hydrogens is 332 g/mol. The summed E-state index contributed by atoms with van der Waals surface area (Å²) in [6, 6.07) is 13.1. The summed E-state index contributed by atoms with van der Waals surface area (Å²) in [5, 5.41) is 5.94. The molecule has 0 aliphatic carbocycles. The van der Waals surface area contributed by atoms with Gasteiger partial charge in [0.25, 0.3) is 5.91 Å². The maximum atomic E-state index is 12.4. The molecule has 0 atom stereocenters. The standard InChI is InChI=1S/C20H20N2O2S/c1-13-8-14(2)10-17(9-13)22-20(23)16-4-6-19(7-5-16)24-11-18-12-25-15(3)21-18/h4-10,12H,11H2,1-3H3,(H,22,23). The van der Waals surface area contributed by atoms with Crippen molar-refractivity contribution in [3.63, 3.8) is 0 Å². The lowest BCUT2D eigenvalue weighted by atomic mass is 10.1. The van der Waals surface area contributed by atoms with Gasteiger partial charge in [-0.2, -0.15) is 0 Å². The smallest absolute Gasteiger partial charge is 0.255 e. The average Bonchev–Trinajstić information content (AvgIpc) is 2.98. The first-order valence-electron chi connectivity index (χ1n) is 8.03. The Balaban J connectivity index is 1.62. The van der Waals surface area contributed by atoms with Crippen LogP contribution in [0.3, 0.4) is 0 Å². The number of benzene rings is 2. The molecule has 0 saturated heterocycles. The van der Waals surface area contributed by atoms with Gasteiger partial charge in [-0.1, -0.05) is 6.07 Å². The van der Waals surface area contributed by atoms with Crippen molar-refractivity contribution in [1.29, 1.82) is 0 Å². The molecular formula is C20H20N2O2S. The number of aromatic nitrogens is 1. The van der Waals surface area contributed by atoms with Gasteiger partial charge in [0, 0.05) is 16.6 Å². The van der Waals surface area contributed by atoms with Crippen LogP contribution in [-0.4, -0.2) is 10.9 Å². The molecule has 1 heterocycles. The van der Waals surface area contributed by atoms with Crippen LogP contribution >= 0.6 is 11.3 Å². The van der Waals surface area contributed by atoms with Gasteiger partial charge in [-0.3, -0.25) is 4.79 Å². The molecule has 3 aromatic rings. The third kappa shape index (κ3) is 4.67. The monoisotopic (exact) mass is 352 g/mol. The lowest BCUT2D eigenvalue weighted by Crippen LogP contribution is -2.12. The molecule has 3 rings (SSSR count). The second-order valence-corrected chi connectivity index (χ2v) is 7.06. The molecule has 128 valence electrons. The second kappa shape index (κ2) is 7.49. The first-order valence-corrected chi connectivity index (χ1v) is 8.91. The number of hydrogen-bond donors (Lipinski definition) is 1. The van der Waals surface area contributed by atoms with Crippen molar-refractivity contribution < 1.29 is 9.53 Å². The summed E-state index contributed by atoms with van der Waals surface area (Å²) in [5.41, 5.74) is 4.56. The number of hydrogen-bond acceptors (Lipinski definition) is 4. The van der Waals surface area contributed by atoms with Crippen molar-refractivity contribution in [2.45, 2.75) is 27.4 Å². The maximum absolute atomic E-state index is 12.4. The van der Waals surface area contributed by atoms with Crippen molar-refractivity contribution in [3.8, 4) is 5.75 Å². The van der Waals surface area contributed by atoms with Gasteiger partial charge >= 0.3 is 0 Å². The van der Waals surface area contributed by atoms with Gasteiger partial charge in [-0.25, -0.2) is 4.98 Å². The summed E-state index contributed by atoms with van der Waals surface area (Å²) in [5.74, 6) is 0.584. The molecule has 0 aliphatic heterocycles. The highest BCUT2D eigenvalue weighted by Crippen LogP contribution is 2.18. The molecule has 5 heteroatoms. The third-order valence-corrected chi connectivity index (χ3v) is 4.47. The van der Waals surface area contributed by atoms with E-state index in [2.05, 4.69) is 16.4 Å². The van der Waals surface area contributed by atoms with Crippen molar-refractivity contribution in [3.05, 3.63) is 75.2 Å². The van der Waals surface area contributed by atoms with E-state index in [0.717, 1.165) is 27.5 Å². The van der Waals surface area contributed by atoms with Crippen LogP contribution in [0.5, 0.6) is 5.75 Å². The van der Waals surface area contributed by atoms with Gasteiger partial charge in [-0.15, -0.1) is 11.3 Å². The van der Waals surface area contributed by atoms with Crippen LogP contribution in [0.2, 0.25) is 0 Å². The molecule has 0 unspecified atom stereocenters. The minimum Gasteiger partial charge on any atom is -0.487 e. The Kier molecular flexibility index (Phi) is 5.14. The van der Waals surface area contributed by atoms with E-state index in [9.17, 15) is 4.79 Å². The Labute approximate surface area is 151 Å². The fourth-order valence-electron chi connectivity index (χ4n) is 2.58. The van der Waals surface area contributed by atoms with E-state index in [1.165, 1.54) is 0 Å². The average molecular weight is 352 g/mol. The number of nitrogens with one attached hydrogen (secondary N) is 1. The molecule has 0 bridgehead atoms. The van der Waals surface area contributed by atoms with Crippen molar-refractivity contribution >= 4 is 22.9 Å². The number of amides is 1. The van der Waals surface area contributed by atoms with Crippen LogP contribution in [0.25, 0.3) is 0 Å². The molecule has 0 aliphatic rings. The number of ether oxygens (including phenoxy) is 1. The first kappa shape index (κ1) is 17.2. The van der Waals surface area contributed by atoms with Crippen LogP contribution in [0.4, 0.5) is 5.69 Å².